The number of aliphatic carboxylic acids is 1. The number of benzene rings is 2. The van der Waals surface area contributed by atoms with Crippen LogP contribution in [0.25, 0.3) is 10.8 Å². The van der Waals surface area contributed by atoms with Gasteiger partial charge in [0.05, 0.1) is 11.9 Å². The molecule has 0 fully saturated rings. The summed E-state index contributed by atoms with van der Waals surface area (Å²) in [6.07, 6.45) is 0. The maximum atomic E-state index is 10.5. The Kier molecular flexibility index (Phi) is 7.41. The third kappa shape index (κ3) is 5.33. The van der Waals surface area contributed by atoms with Crippen LogP contribution in [0.15, 0.2) is 54.6 Å². The third-order valence-corrected chi connectivity index (χ3v) is 2.33. The Morgan fingerprint density at radius 2 is 1.50 bits per heavy atom. The summed E-state index contributed by atoms with van der Waals surface area (Å²) in [4.78, 5) is 20.0. The van der Waals surface area contributed by atoms with Crippen molar-refractivity contribution in [2.45, 2.75) is 6.92 Å². The van der Waals surface area contributed by atoms with E-state index in [0.717, 1.165) is 10.8 Å². The molecule has 2 rings (SSSR count). The van der Waals surface area contributed by atoms with Gasteiger partial charge in [0.15, 0.2) is 0 Å². The number of carbonyl (C=O) groups is 2. The molecular weight excluding hydrogens is 310 g/mol. The van der Waals surface area contributed by atoms with Crippen molar-refractivity contribution in [1.82, 2.24) is 0 Å². The maximum absolute atomic E-state index is 10.5. The molecule has 0 aromatic heterocycles. The fourth-order valence-corrected chi connectivity index (χ4v) is 1.32. The number of carboxylic acid groups (broad SMARTS) is 2. The van der Waals surface area contributed by atoms with Crippen LogP contribution >= 0.6 is 0 Å². The summed E-state index contributed by atoms with van der Waals surface area (Å²) >= 11 is 0. The molecule has 98 valence electrons. The van der Waals surface area contributed by atoms with Crippen LogP contribution in [0.5, 0.6) is 0 Å². The van der Waals surface area contributed by atoms with Gasteiger partial charge in [0.2, 0.25) is 0 Å². The second-order valence-corrected chi connectivity index (χ2v) is 3.92. The van der Waals surface area contributed by atoms with E-state index < -0.39 is 11.9 Å². The molecule has 5 heteroatoms. The van der Waals surface area contributed by atoms with E-state index in [9.17, 15) is 19.8 Å². The molecule has 0 aliphatic carbocycles. The Morgan fingerprint density at radius 3 is 1.95 bits per heavy atom. The second-order valence-electron chi connectivity index (χ2n) is 3.92. The van der Waals surface area contributed by atoms with Gasteiger partial charge in [-0.05, 0) is 34.9 Å². The number of hydrogen-bond acceptors (Lipinski definition) is 4. The molecule has 0 aliphatic heterocycles. The standard InChI is InChI=1S/C11H8O2.C4H6O2.Zn/c12-11(13)10-6-5-8-3-1-2-4-9(8)7-10;1-3(2)4(5)6;/h1-7H,(H,12,13);1H2,2H3,(H,5,6);/q;;+2/p-2. The zero-order chi connectivity index (χ0) is 14.4. The van der Waals surface area contributed by atoms with Gasteiger partial charge < -0.3 is 19.8 Å². The zero-order valence-corrected chi connectivity index (χ0v) is 14.1. The van der Waals surface area contributed by atoms with Gasteiger partial charge in [0.1, 0.15) is 0 Å². The van der Waals surface area contributed by atoms with Gasteiger partial charge in [0.25, 0.3) is 0 Å². The van der Waals surface area contributed by atoms with Crippen molar-refractivity contribution in [2.24, 2.45) is 0 Å². The van der Waals surface area contributed by atoms with Gasteiger partial charge in [-0.15, -0.1) is 0 Å². The molecule has 2 aromatic carbocycles. The van der Waals surface area contributed by atoms with E-state index in [0.29, 0.717) is 0 Å². The molecule has 4 nitrogen and oxygen atoms in total. The smallest absolute Gasteiger partial charge is 0.545 e. The molecule has 0 saturated carbocycles. The second kappa shape index (κ2) is 8.23. The Bertz CT molecular complexity index is 623. The van der Waals surface area contributed by atoms with Crippen molar-refractivity contribution >= 4 is 22.7 Å². The molecule has 20 heavy (non-hydrogen) atoms. The van der Waals surface area contributed by atoms with E-state index in [1.807, 2.05) is 24.3 Å². The first-order valence-corrected chi connectivity index (χ1v) is 5.49. The number of fused-ring (bicyclic) bond motifs is 1. The van der Waals surface area contributed by atoms with Gasteiger partial charge in [-0.3, -0.25) is 0 Å². The van der Waals surface area contributed by atoms with Gasteiger partial charge >= 0.3 is 19.5 Å². The van der Waals surface area contributed by atoms with Crippen molar-refractivity contribution in [3.63, 3.8) is 0 Å². The van der Waals surface area contributed by atoms with Crippen LogP contribution in [-0.4, -0.2) is 11.9 Å². The van der Waals surface area contributed by atoms with Crippen LogP contribution in [0.1, 0.15) is 17.3 Å². The third-order valence-electron chi connectivity index (χ3n) is 2.33. The van der Waals surface area contributed by atoms with E-state index in [2.05, 4.69) is 6.58 Å². The van der Waals surface area contributed by atoms with Gasteiger partial charge in [-0.25, -0.2) is 0 Å². The van der Waals surface area contributed by atoms with Crippen molar-refractivity contribution in [1.29, 1.82) is 0 Å². The predicted octanol–water partition coefficient (Wildman–Crippen LogP) is 0.513. The predicted molar refractivity (Wildman–Crippen MR) is 68.1 cm³/mol. The fraction of sp³-hybridized carbons (Fsp3) is 0.0667. The van der Waals surface area contributed by atoms with Crippen LogP contribution in [-0.2, 0) is 24.3 Å². The van der Waals surface area contributed by atoms with E-state index in [-0.39, 0.29) is 30.6 Å². The molecule has 0 atom stereocenters. The number of carboxylic acids is 2. The molecule has 0 amide bonds. The summed E-state index contributed by atoms with van der Waals surface area (Å²) in [5.41, 5.74) is 0.286. The summed E-state index contributed by atoms with van der Waals surface area (Å²) in [6, 6.07) is 12.6. The van der Waals surface area contributed by atoms with Crippen LogP contribution < -0.4 is 10.2 Å². The quantitative estimate of drug-likeness (QED) is 0.596. The topological polar surface area (TPSA) is 80.3 Å². The van der Waals surface area contributed by atoms with Crippen LogP contribution in [0.4, 0.5) is 0 Å². The molecule has 2 aromatic rings. The normalized spacial score (nSPS) is 8.85. The van der Waals surface area contributed by atoms with Crippen LogP contribution in [0.3, 0.4) is 0 Å². The first-order chi connectivity index (χ1) is 8.91. The minimum absolute atomic E-state index is 0. The van der Waals surface area contributed by atoms with Crippen LogP contribution in [0.2, 0.25) is 0 Å². The fourth-order valence-electron chi connectivity index (χ4n) is 1.32. The Balaban J connectivity index is 0.000000448. The first-order valence-electron chi connectivity index (χ1n) is 5.49. The molecule has 0 bridgehead atoms. The summed E-state index contributed by atoms with van der Waals surface area (Å²) in [5, 5.41) is 22.0. The van der Waals surface area contributed by atoms with Crippen molar-refractivity contribution < 1.29 is 39.3 Å². The summed E-state index contributed by atoms with van der Waals surface area (Å²) in [5.74, 6) is -2.32. The number of rotatable bonds is 2. The number of aromatic carboxylic acids is 1. The number of hydrogen-bond donors (Lipinski definition) is 0. The average molecular weight is 322 g/mol. The molecule has 0 unspecified atom stereocenters. The minimum Gasteiger partial charge on any atom is -0.545 e. The molecule has 0 aliphatic rings. The SMILES string of the molecule is C=C(C)C(=O)[O-].O=C([O-])c1ccc2ccccc2c1.[Zn+2]. The minimum atomic E-state index is -1.19. The van der Waals surface area contributed by atoms with Crippen molar-refractivity contribution in [3.8, 4) is 0 Å². The molecular formula is C15H12O4Zn. The largest absolute Gasteiger partial charge is 2.00 e. The van der Waals surface area contributed by atoms with E-state index in [4.69, 9.17) is 0 Å². The van der Waals surface area contributed by atoms with E-state index in [1.165, 1.54) is 6.92 Å². The monoisotopic (exact) mass is 320 g/mol. The van der Waals surface area contributed by atoms with Gasteiger partial charge in [-0.2, -0.15) is 0 Å². The maximum Gasteiger partial charge on any atom is 2.00 e. The van der Waals surface area contributed by atoms with Gasteiger partial charge in [-0.1, -0.05) is 43.0 Å². The summed E-state index contributed by atoms with van der Waals surface area (Å²) in [7, 11) is 0. The summed E-state index contributed by atoms with van der Waals surface area (Å²) in [6.45, 7) is 4.48. The number of carbonyl (C=O) groups excluding carboxylic acids is 2. The first kappa shape index (κ1) is 18.0. The van der Waals surface area contributed by atoms with E-state index >= 15 is 0 Å². The molecule has 0 radical (unpaired) electrons. The Labute approximate surface area is 129 Å². The molecule has 0 spiro atoms. The molecule has 0 N–H and O–H groups in total. The van der Waals surface area contributed by atoms with Crippen molar-refractivity contribution in [3.05, 3.63) is 60.2 Å². The van der Waals surface area contributed by atoms with Gasteiger partial charge in [0, 0.05) is 0 Å². The molecule has 0 saturated heterocycles. The summed E-state index contributed by atoms with van der Waals surface area (Å²) < 4.78 is 0. The van der Waals surface area contributed by atoms with Crippen LogP contribution in [0, 0.1) is 0 Å². The van der Waals surface area contributed by atoms with E-state index in [1.54, 1.807) is 18.2 Å². The molecule has 0 heterocycles. The Hall–Kier alpha value is -2.00. The van der Waals surface area contributed by atoms with Crippen molar-refractivity contribution in [2.75, 3.05) is 0 Å². The zero-order valence-electron chi connectivity index (χ0n) is 11.1. The average Bonchev–Trinajstić information content (AvgIpc) is 2.38. The Morgan fingerprint density at radius 1 is 1.00 bits per heavy atom.